The van der Waals surface area contributed by atoms with Gasteiger partial charge in [0.1, 0.15) is 17.2 Å². The highest BCUT2D eigenvalue weighted by Gasteiger charge is 2.51. The predicted molar refractivity (Wildman–Crippen MR) is 316 cm³/mol. The fraction of sp³-hybridized carbons (Fsp3) is 0.310. The number of carbonyl (C=O) groups excluding carboxylic acids is 1. The molecule has 1 heterocycles. The molecule has 1 fully saturated rings. The number of anilines is 1. The third-order valence-electron chi connectivity index (χ3n) is 17.2. The molecule has 2 unspecified atom stereocenters. The minimum Gasteiger partial charge on any atom is -0.497 e. The van der Waals surface area contributed by atoms with E-state index >= 15 is 13.2 Å². The molecule has 2 atom stereocenters. The number of ether oxygens (including phenoxy) is 3. The van der Waals surface area contributed by atoms with Crippen molar-refractivity contribution in [3.8, 4) is 50.6 Å². The quantitative estimate of drug-likeness (QED) is 0.0924. The molecule has 0 radical (unpaired) electrons. The summed E-state index contributed by atoms with van der Waals surface area (Å²) in [5, 5.41) is 4.69. The number of nitrogens with one attached hydrogen (secondary N) is 1. The maximum Gasteiger partial charge on any atom is 0.390 e. The van der Waals surface area contributed by atoms with Crippen LogP contribution in [0.3, 0.4) is 0 Å². The first-order chi connectivity index (χ1) is 38.3. The highest BCUT2D eigenvalue weighted by atomic mass is 19.4. The van der Waals surface area contributed by atoms with Gasteiger partial charge in [0.25, 0.3) is 5.91 Å². The molecule has 11 rings (SSSR count). The molecular weight excluding hydrogens is 988 g/mol. The van der Waals surface area contributed by atoms with Crippen LogP contribution < -0.4 is 19.5 Å². The lowest BCUT2D eigenvalue weighted by Crippen LogP contribution is -2.35. The smallest absolute Gasteiger partial charge is 0.390 e. The minimum absolute atomic E-state index is 0.207. The SMILES string of the molecule is CCCCC[C@H]1CC[C@H](c2ccc(-c3ccc(C(=O)Nc4ccc(-c5ccc6c7c(c8c(c6c5)-c5ccccc5C8(C)CC(F)(F)F)C=CC(c5ccc(OC)cc5)(c5ccc(OCCCC)cc5)O7)c(C)c4)cc3)cc2)CC1. The molecule has 2 aliphatic carbocycles. The van der Waals surface area contributed by atoms with E-state index in [2.05, 4.69) is 55.6 Å². The highest BCUT2D eigenvalue weighted by molar-refractivity contribution is 6.10. The van der Waals surface area contributed by atoms with Gasteiger partial charge in [0.2, 0.25) is 0 Å². The molecule has 8 aromatic rings. The summed E-state index contributed by atoms with van der Waals surface area (Å²) in [6, 6.07) is 52.0. The van der Waals surface area contributed by atoms with Gasteiger partial charge in [-0.1, -0.05) is 156 Å². The average Bonchev–Trinajstić information content (AvgIpc) is 2.99. The normalized spacial score (nSPS) is 19.3. The zero-order chi connectivity index (χ0) is 54.9. The Morgan fingerprint density at radius 2 is 1.35 bits per heavy atom. The topological polar surface area (TPSA) is 56.8 Å². The van der Waals surface area contributed by atoms with Crippen LogP contribution >= 0.6 is 0 Å². The van der Waals surface area contributed by atoms with Crippen LogP contribution in [0.4, 0.5) is 18.9 Å². The Morgan fingerprint density at radius 3 is 2.01 bits per heavy atom. The Labute approximate surface area is 463 Å². The number of hydrogen-bond donors (Lipinski definition) is 1. The largest absolute Gasteiger partial charge is 0.497 e. The van der Waals surface area contributed by atoms with Gasteiger partial charge in [0.15, 0.2) is 5.60 Å². The molecule has 1 saturated carbocycles. The fourth-order valence-electron chi connectivity index (χ4n) is 13.0. The van der Waals surface area contributed by atoms with E-state index in [1.165, 1.54) is 56.9 Å². The standard InChI is InChI=1S/C71H70F3NO4/c1-6-8-10-13-47-16-18-48(19-17-47)49-20-22-50(23-21-49)51-24-26-52(27-25-51)68(76)75-56-33-39-59(46(3)43-56)53-28-38-60-63(44-53)65-61-14-11-12-15-64(61)69(4,45-71(72,73)74)66(65)62-40-41-70(79-67(60)62,54-29-34-57(77-5)35-30-54)55-31-36-58(37-32-55)78-42-9-7-2/h11-12,14-15,20-41,43-44,47-48H,6-10,13,16-19,42,45H2,1-5H3,(H,75,76)/t47-,48-,69?,70?. The summed E-state index contributed by atoms with van der Waals surface area (Å²) < 4.78 is 64.3. The Kier molecular flexibility index (Phi) is 15.1. The first-order valence-electron chi connectivity index (χ1n) is 28.5. The van der Waals surface area contributed by atoms with Crippen molar-refractivity contribution < 1.29 is 32.2 Å². The van der Waals surface area contributed by atoms with Crippen LogP contribution in [0.5, 0.6) is 17.2 Å². The molecular formula is C71H70F3NO4. The fourth-order valence-corrected chi connectivity index (χ4v) is 13.0. The maximum atomic E-state index is 15.1. The van der Waals surface area contributed by atoms with E-state index in [9.17, 15) is 4.79 Å². The predicted octanol–water partition coefficient (Wildman–Crippen LogP) is 19.4. The number of aryl methyl sites for hydroxylation is 1. The molecule has 8 heteroatoms. The number of rotatable bonds is 17. The summed E-state index contributed by atoms with van der Waals surface area (Å²) in [5.41, 5.74) is 10.0. The van der Waals surface area contributed by atoms with Crippen molar-refractivity contribution in [2.24, 2.45) is 5.92 Å². The van der Waals surface area contributed by atoms with Crippen LogP contribution in [0.1, 0.15) is 147 Å². The summed E-state index contributed by atoms with van der Waals surface area (Å²) in [7, 11) is 1.62. The third kappa shape index (κ3) is 10.6. The summed E-state index contributed by atoms with van der Waals surface area (Å²) in [4.78, 5) is 13.8. The molecule has 1 aliphatic heterocycles. The lowest BCUT2D eigenvalue weighted by Gasteiger charge is -2.39. The van der Waals surface area contributed by atoms with E-state index in [4.69, 9.17) is 14.2 Å². The van der Waals surface area contributed by atoms with Gasteiger partial charge in [0.05, 0.1) is 20.1 Å². The van der Waals surface area contributed by atoms with Gasteiger partial charge in [0, 0.05) is 38.7 Å². The Balaban J connectivity index is 0.907. The third-order valence-corrected chi connectivity index (χ3v) is 17.2. The Morgan fingerprint density at radius 1 is 0.696 bits per heavy atom. The van der Waals surface area contributed by atoms with Crippen molar-refractivity contribution in [2.45, 2.75) is 121 Å². The average molecular weight is 1060 g/mol. The lowest BCUT2D eigenvalue weighted by molar-refractivity contribution is -0.143. The van der Waals surface area contributed by atoms with Crippen LogP contribution in [0.15, 0.2) is 164 Å². The highest BCUT2D eigenvalue weighted by Crippen LogP contribution is 2.61. The number of alkyl halides is 3. The molecule has 5 nitrogen and oxygen atoms in total. The van der Waals surface area contributed by atoms with Crippen molar-refractivity contribution in [3.05, 3.63) is 208 Å². The van der Waals surface area contributed by atoms with Crippen molar-refractivity contribution in [2.75, 3.05) is 19.0 Å². The van der Waals surface area contributed by atoms with Gasteiger partial charge in [-0.2, -0.15) is 13.2 Å². The zero-order valence-electron chi connectivity index (χ0n) is 46.1. The molecule has 0 saturated heterocycles. The number of halogens is 3. The second-order valence-electron chi connectivity index (χ2n) is 22.4. The van der Waals surface area contributed by atoms with Gasteiger partial charge < -0.3 is 19.5 Å². The maximum absolute atomic E-state index is 15.1. The number of carbonyl (C=O) groups is 1. The van der Waals surface area contributed by atoms with Gasteiger partial charge in [-0.15, -0.1) is 0 Å². The molecule has 1 N–H and O–H groups in total. The Bertz CT molecular complexity index is 3520. The van der Waals surface area contributed by atoms with Crippen LogP contribution in [0.2, 0.25) is 0 Å². The van der Waals surface area contributed by atoms with Crippen LogP contribution in [0.25, 0.3) is 50.2 Å². The van der Waals surface area contributed by atoms with Gasteiger partial charge in [-0.05, 0) is 179 Å². The zero-order valence-corrected chi connectivity index (χ0v) is 46.1. The second-order valence-corrected chi connectivity index (χ2v) is 22.4. The number of methoxy groups -OCH3 is 1. The van der Waals surface area contributed by atoms with Crippen LogP contribution in [-0.2, 0) is 11.0 Å². The van der Waals surface area contributed by atoms with E-state index in [1.54, 1.807) is 14.0 Å². The molecule has 3 aliphatic rings. The molecule has 79 heavy (non-hydrogen) atoms. The summed E-state index contributed by atoms with van der Waals surface area (Å²) >= 11 is 0. The molecule has 1 amide bonds. The van der Waals surface area contributed by atoms with Gasteiger partial charge in [-0.25, -0.2) is 0 Å². The van der Waals surface area contributed by atoms with E-state index < -0.39 is 23.6 Å². The number of fused-ring (bicyclic) bond motifs is 8. The lowest BCUT2D eigenvalue weighted by atomic mass is 9.73. The van der Waals surface area contributed by atoms with Crippen molar-refractivity contribution in [1.29, 1.82) is 0 Å². The van der Waals surface area contributed by atoms with E-state index in [0.29, 0.717) is 52.0 Å². The molecule has 0 spiro atoms. The number of unbranched alkanes of at least 4 members (excludes halogenated alkanes) is 3. The molecule has 8 aromatic carbocycles. The van der Waals surface area contributed by atoms with Crippen LogP contribution in [0, 0.1) is 12.8 Å². The molecule has 404 valence electrons. The minimum atomic E-state index is -4.48. The van der Waals surface area contributed by atoms with E-state index in [-0.39, 0.29) is 5.91 Å². The molecule has 0 bridgehead atoms. The van der Waals surface area contributed by atoms with Crippen molar-refractivity contribution in [3.63, 3.8) is 0 Å². The van der Waals surface area contributed by atoms with Gasteiger partial charge >= 0.3 is 6.18 Å². The summed E-state index contributed by atoms with van der Waals surface area (Å²) in [5.74, 6) is 3.25. The monoisotopic (exact) mass is 1060 g/mol. The Hall–Kier alpha value is -7.58. The second kappa shape index (κ2) is 22.3. The number of benzene rings is 8. The van der Waals surface area contributed by atoms with Gasteiger partial charge in [-0.3, -0.25) is 4.79 Å². The van der Waals surface area contributed by atoms with E-state index in [0.717, 1.165) is 85.4 Å². The molecule has 0 aromatic heterocycles. The first kappa shape index (κ1) is 53.4. The van der Waals surface area contributed by atoms with Crippen LogP contribution in [-0.4, -0.2) is 25.8 Å². The first-order valence-corrected chi connectivity index (χ1v) is 28.5. The number of hydrogen-bond acceptors (Lipinski definition) is 4. The summed E-state index contributed by atoms with van der Waals surface area (Å²) in [6.07, 6.45) is 11.0. The van der Waals surface area contributed by atoms with Crippen molar-refractivity contribution >= 4 is 28.4 Å². The van der Waals surface area contributed by atoms with E-state index in [1.807, 2.05) is 140 Å². The summed E-state index contributed by atoms with van der Waals surface area (Å²) in [6.45, 7) is 8.74. The number of amides is 1. The van der Waals surface area contributed by atoms with Crippen molar-refractivity contribution in [1.82, 2.24) is 0 Å².